The average Bonchev–Trinajstić information content (AvgIpc) is 3.13. The Balaban J connectivity index is 1.53. The minimum Gasteiger partial charge on any atom is -0.0616 e. The molecule has 186 valence electrons. The summed E-state index contributed by atoms with van der Waals surface area (Å²) in [5, 5.41) is 5.14. The highest BCUT2D eigenvalue weighted by Crippen LogP contribution is 2.45. The minimum absolute atomic E-state index is 0.0239. The fraction of sp³-hybridized carbons (Fsp3) is 0. The number of hydrogen-bond acceptors (Lipinski definition) is 0. The fourth-order valence-electron chi connectivity index (χ4n) is 5.68. The summed E-state index contributed by atoms with van der Waals surface area (Å²) in [5.74, 6) is 0. The molecule has 0 nitrogen and oxygen atoms in total. The lowest BCUT2D eigenvalue weighted by Gasteiger charge is -2.19. The highest BCUT2D eigenvalue weighted by molar-refractivity contribution is 6.23. The Morgan fingerprint density at radius 2 is 0.975 bits per heavy atom. The van der Waals surface area contributed by atoms with Gasteiger partial charge in [-0.1, -0.05) is 145 Å². The molecule has 0 radical (unpaired) electrons. The molecule has 0 unspecified atom stereocenters. The van der Waals surface area contributed by atoms with E-state index in [1.807, 2.05) is 66.7 Å². The summed E-state index contributed by atoms with van der Waals surface area (Å²) in [6, 6.07) is 26.6. The molecule has 0 saturated heterocycles. The van der Waals surface area contributed by atoms with E-state index < -0.39 is 36.3 Å². The van der Waals surface area contributed by atoms with Crippen molar-refractivity contribution in [1.29, 1.82) is 0 Å². The van der Waals surface area contributed by atoms with E-state index in [4.69, 9.17) is 11.0 Å². The predicted octanol–water partition coefficient (Wildman–Crippen LogP) is 11.3. The summed E-state index contributed by atoms with van der Waals surface area (Å²) in [4.78, 5) is 0. The Kier molecular flexibility index (Phi) is 3.42. The zero-order valence-corrected chi connectivity index (χ0v) is 21.2. The normalized spacial score (nSPS) is 15.0. The van der Waals surface area contributed by atoms with Crippen molar-refractivity contribution < 1.29 is 13.7 Å². The van der Waals surface area contributed by atoms with Gasteiger partial charge in [0.25, 0.3) is 0 Å². The number of rotatable bonds is 3. The molecule has 0 heterocycles. The molecule has 0 heteroatoms. The lowest BCUT2D eigenvalue weighted by atomic mass is 9.84. The molecule has 0 bridgehead atoms. The maximum Gasteiger partial charge on any atom is 0.0636 e. The van der Waals surface area contributed by atoms with E-state index in [1.54, 1.807) is 0 Å². The second-order valence-corrected chi connectivity index (χ2v) is 9.70. The molecule has 40 heavy (non-hydrogen) atoms. The van der Waals surface area contributed by atoms with E-state index in [0.29, 0.717) is 5.56 Å². The van der Waals surface area contributed by atoms with E-state index in [2.05, 4.69) is 24.3 Å². The second kappa shape index (κ2) is 9.22. The Morgan fingerprint density at radius 3 is 1.75 bits per heavy atom. The topological polar surface area (TPSA) is 0 Å². The Bertz CT molecular complexity index is 2710. The molecule has 0 spiro atoms. The lowest BCUT2D eigenvalue weighted by Crippen LogP contribution is -1.92. The van der Waals surface area contributed by atoms with Gasteiger partial charge in [0.15, 0.2) is 0 Å². The molecule has 0 amide bonds. The Labute approximate surface area is 247 Å². The largest absolute Gasteiger partial charge is 0.0636 e. The van der Waals surface area contributed by atoms with Gasteiger partial charge in [-0.05, 0) is 88.6 Å². The van der Waals surface area contributed by atoms with Crippen LogP contribution in [0.2, 0.25) is 0 Å². The molecule has 0 aliphatic rings. The summed E-state index contributed by atoms with van der Waals surface area (Å²) >= 11 is 0. The summed E-state index contributed by atoms with van der Waals surface area (Å²) < 4.78 is 88.2. The number of hydrogen-bond donors (Lipinski definition) is 0. The molecular weight excluding hydrogens is 480 g/mol. The monoisotopic (exact) mass is 516 g/mol. The van der Waals surface area contributed by atoms with Gasteiger partial charge < -0.3 is 0 Å². The first-order valence-corrected chi connectivity index (χ1v) is 13.1. The summed E-state index contributed by atoms with van der Waals surface area (Å²) in [5.41, 5.74) is 2.05. The molecule has 0 fully saturated rings. The number of benzene rings is 8. The number of fused-ring (bicyclic) bond motifs is 4. The van der Waals surface area contributed by atoms with Crippen molar-refractivity contribution in [2.24, 2.45) is 0 Å². The molecule has 0 saturated carbocycles. The molecule has 0 aliphatic carbocycles. The van der Waals surface area contributed by atoms with Crippen molar-refractivity contribution in [3.05, 3.63) is 157 Å². The average molecular weight is 517 g/mol. The molecule has 0 atom stereocenters. The van der Waals surface area contributed by atoms with Gasteiger partial charge in [-0.15, -0.1) is 0 Å². The predicted molar refractivity (Wildman–Crippen MR) is 173 cm³/mol. The first-order chi connectivity index (χ1) is 24.0. The maximum absolute atomic E-state index is 9.61. The molecule has 8 rings (SSSR count). The van der Waals surface area contributed by atoms with Crippen LogP contribution >= 0.6 is 0 Å². The highest BCUT2D eigenvalue weighted by atomic mass is 14.2. The van der Waals surface area contributed by atoms with Gasteiger partial charge in [0.05, 0.1) is 13.7 Å². The van der Waals surface area contributed by atoms with Crippen molar-refractivity contribution in [2.45, 2.75) is 0 Å². The van der Waals surface area contributed by atoms with Gasteiger partial charge in [0.1, 0.15) is 0 Å². The SMILES string of the molecule is [2H]c1cc2c([2H])c(-c3c([2H])c([2H])c([2H])c(-c4c5ccccc5c(-c5cccc6ccccc56)c5ccccc45)c3[2H])c([2H])c([2H])c2c([2H])c1[2H]. The van der Waals surface area contributed by atoms with Gasteiger partial charge in [0, 0.05) is 0 Å². The van der Waals surface area contributed by atoms with Crippen LogP contribution in [0.25, 0.3) is 76.5 Å². The van der Waals surface area contributed by atoms with Gasteiger partial charge in [-0.2, -0.15) is 0 Å². The van der Waals surface area contributed by atoms with Crippen LogP contribution in [0.1, 0.15) is 13.7 Å². The molecule has 0 N–H and O–H groups in total. The summed E-state index contributed by atoms with van der Waals surface area (Å²) in [6.45, 7) is 0. The molecule has 0 aliphatic heterocycles. The first-order valence-electron chi connectivity index (χ1n) is 18.1. The van der Waals surface area contributed by atoms with Crippen molar-refractivity contribution in [1.82, 2.24) is 0 Å². The van der Waals surface area contributed by atoms with E-state index >= 15 is 0 Å². The molecule has 8 aromatic rings. The quantitative estimate of drug-likeness (QED) is 0.205. The van der Waals surface area contributed by atoms with Gasteiger partial charge >= 0.3 is 0 Å². The van der Waals surface area contributed by atoms with Crippen molar-refractivity contribution >= 4 is 43.1 Å². The van der Waals surface area contributed by atoms with Gasteiger partial charge in [0.2, 0.25) is 0 Å². The maximum atomic E-state index is 9.61. The first kappa shape index (κ1) is 14.8. The van der Waals surface area contributed by atoms with Crippen LogP contribution < -0.4 is 0 Å². The van der Waals surface area contributed by atoms with E-state index in [0.717, 1.165) is 43.4 Å². The minimum atomic E-state index is -0.528. The Hall–Kier alpha value is -5.20. The third-order valence-electron chi connectivity index (χ3n) is 7.43. The third-order valence-corrected chi connectivity index (χ3v) is 7.43. The van der Waals surface area contributed by atoms with Crippen LogP contribution in [0.4, 0.5) is 0 Å². The van der Waals surface area contributed by atoms with E-state index in [1.165, 1.54) is 6.07 Å². The van der Waals surface area contributed by atoms with Crippen LogP contribution in [0.5, 0.6) is 0 Å². The smallest absolute Gasteiger partial charge is 0.0616 e. The summed E-state index contributed by atoms with van der Waals surface area (Å²) in [6.07, 6.45) is 0. The van der Waals surface area contributed by atoms with Crippen LogP contribution in [-0.2, 0) is 0 Å². The van der Waals surface area contributed by atoms with Crippen LogP contribution in [0, 0.1) is 0 Å². The fourth-order valence-corrected chi connectivity index (χ4v) is 5.68. The Morgan fingerprint density at radius 1 is 0.350 bits per heavy atom. The van der Waals surface area contributed by atoms with Crippen molar-refractivity contribution in [2.75, 3.05) is 0 Å². The van der Waals surface area contributed by atoms with E-state index in [9.17, 15) is 2.74 Å². The third kappa shape index (κ3) is 3.61. The zero-order chi connectivity index (χ0) is 35.2. The standard InChI is InChI=1S/C40H26/c1-2-13-29-25-31(24-23-27(29)11-1)30-15-9-16-32(26-30)39-35-18-5-7-20-37(35)40(38-21-8-6-19-36(38)39)34-22-10-14-28-12-3-4-17-33(28)34/h1-26H/i1D,2D,9D,11D,15D,16D,23D,24D,25D,26D. The van der Waals surface area contributed by atoms with Gasteiger partial charge in [-0.25, -0.2) is 0 Å². The van der Waals surface area contributed by atoms with E-state index in [-0.39, 0.29) is 51.6 Å². The lowest BCUT2D eigenvalue weighted by molar-refractivity contribution is 1.63. The van der Waals surface area contributed by atoms with Crippen LogP contribution in [-0.4, -0.2) is 0 Å². The molecule has 0 aromatic heterocycles. The molecular formula is C40H26. The highest BCUT2D eigenvalue weighted by Gasteiger charge is 2.18. The summed E-state index contributed by atoms with van der Waals surface area (Å²) in [7, 11) is 0. The molecule has 8 aromatic carbocycles. The van der Waals surface area contributed by atoms with Crippen molar-refractivity contribution in [3.63, 3.8) is 0 Å². The van der Waals surface area contributed by atoms with Crippen LogP contribution in [0.15, 0.2) is 157 Å². The zero-order valence-electron chi connectivity index (χ0n) is 31.2. The second-order valence-electron chi connectivity index (χ2n) is 9.70. The van der Waals surface area contributed by atoms with Crippen molar-refractivity contribution in [3.8, 4) is 33.4 Å². The van der Waals surface area contributed by atoms with Crippen LogP contribution in [0.3, 0.4) is 0 Å². The van der Waals surface area contributed by atoms with Gasteiger partial charge in [-0.3, -0.25) is 0 Å².